The minimum Gasteiger partial charge on any atom is -0.332 e. The molecule has 108 valence electrons. The maximum Gasteiger partial charge on any atom is 0.257 e. The van der Waals surface area contributed by atoms with E-state index in [9.17, 15) is 4.79 Å². The minimum absolute atomic E-state index is 0.236. The molecule has 0 bridgehead atoms. The van der Waals surface area contributed by atoms with Crippen LogP contribution in [0.5, 0.6) is 0 Å². The molecule has 0 aliphatic carbocycles. The van der Waals surface area contributed by atoms with Gasteiger partial charge in [-0.1, -0.05) is 36.7 Å². The maximum atomic E-state index is 12.0. The van der Waals surface area contributed by atoms with Gasteiger partial charge in [-0.15, -0.1) is 0 Å². The molecule has 0 aromatic heterocycles. The predicted molar refractivity (Wildman–Crippen MR) is 91.0 cm³/mol. The van der Waals surface area contributed by atoms with Crippen LogP contribution in [0.3, 0.4) is 0 Å². The molecule has 0 aliphatic rings. The molecule has 2 N–H and O–H groups in total. The summed E-state index contributed by atoms with van der Waals surface area (Å²) in [4.78, 5) is 12.0. The molecule has 0 heterocycles. The van der Waals surface area contributed by atoms with E-state index in [2.05, 4.69) is 10.6 Å². The highest BCUT2D eigenvalue weighted by Gasteiger charge is 2.09. The summed E-state index contributed by atoms with van der Waals surface area (Å²) in [5, 5.41) is 6.63. The highest BCUT2D eigenvalue weighted by molar-refractivity contribution is 7.80. The van der Waals surface area contributed by atoms with Gasteiger partial charge in [0.25, 0.3) is 5.91 Å². The van der Waals surface area contributed by atoms with E-state index in [1.165, 1.54) is 0 Å². The summed E-state index contributed by atoms with van der Waals surface area (Å²) in [6, 6.07) is 14.4. The van der Waals surface area contributed by atoms with Crippen molar-refractivity contribution in [2.75, 3.05) is 5.32 Å². The molecule has 3 nitrogen and oxygen atoms in total. The summed E-state index contributed by atoms with van der Waals surface area (Å²) >= 11 is 11.1. The number of halogens is 1. The fraction of sp³-hybridized carbons (Fsp3) is 0.125. The van der Waals surface area contributed by atoms with Crippen LogP contribution in [0.25, 0.3) is 0 Å². The Hall–Kier alpha value is -1.91. The molecule has 0 fully saturated rings. The number of amides is 1. The summed E-state index contributed by atoms with van der Waals surface area (Å²) in [6.45, 7) is 2.03. The van der Waals surface area contributed by atoms with Gasteiger partial charge in [0.1, 0.15) is 0 Å². The number of aryl methyl sites for hydroxylation is 1. The third-order valence-corrected chi connectivity index (χ3v) is 3.40. The van der Waals surface area contributed by atoms with E-state index in [0.29, 0.717) is 10.6 Å². The van der Waals surface area contributed by atoms with E-state index in [4.69, 9.17) is 23.8 Å². The summed E-state index contributed by atoms with van der Waals surface area (Å²) in [6.07, 6.45) is 0.818. The van der Waals surface area contributed by atoms with E-state index in [0.717, 1.165) is 17.7 Å². The number of hydrogen-bond donors (Lipinski definition) is 2. The molecule has 0 aliphatic heterocycles. The Bertz CT molecular complexity index is 659. The third kappa shape index (κ3) is 4.28. The minimum atomic E-state index is -0.236. The Morgan fingerprint density at radius 3 is 2.57 bits per heavy atom. The lowest BCUT2D eigenvalue weighted by molar-refractivity contribution is 0.0977. The second kappa shape index (κ2) is 7.20. The molecular weight excluding hydrogens is 304 g/mol. The Morgan fingerprint density at radius 1 is 1.19 bits per heavy atom. The highest BCUT2D eigenvalue weighted by atomic mass is 35.5. The lowest BCUT2D eigenvalue weighted by Gasteiger charge is -2.13. The second-order valence-electron chi connectivity index (χ2n) is 4.43. The van der Waals surface area contributed by atoms with Crippen LogP contribution in [0, 0.1) is 0 Å². The van der Waals surface area contributed by atoms with Crippen molar-refractivity contribution in [3.05, 3.63) is 64.7 Å². The molecule has 21 heavy (non-hydrogen) atoms. The van der Waals surface area contributed by atoms with Gasteiger partial charge in [0.2, 0.25) is 0 Å². The second-order valence-corrected chi connectivity index (χ2v) is 5.27. The average molecular weight is 319 g/mol. The van der Waals surface area contributed by atoms with Crippen molar-refractivity contribution < 1.29 is 4.79 Å². The molecule has 1 amide bonds. The van der Waals surface area contributed by atoms with E-state index in [1.807, 2.05) is 25.1 Å². The first-order valence-electron chi connectivity index (χ1n) is 6.56. The normalized spacial score (nSPS) is 10.0. The van der Waals surface area contributed by atoms with Crippen molar-refractivity contribution in [3.8, 4) is 0 Å². The number of thiocarbonyl (C=S) groups is 1. The van der Waals surface area contributed by atoms with Crippen molar-refractivity contribution >= 4 is 40.5 Å². The van der Waals surface area contributed by atoms with Gasteiger partial charge < -0.3 is 5.32 Å². The number of carbonyl (C=O) groups is 1. The number of hydrogen-bond acceptors (Lipinski definition) is 2. The maximum absolute atomic E-state index is 12.0. The van der Waals surface area contributed by atoms with Crippen LogP contribution in [-0.4, -0.2) is 11.0 Å². The zero-order valence-corrected chi connectivity index (χ0v) is 13.1. The van der Waals surface area contributed by atoms with Crippen LogP contribution >= 0.6 is 23.8 Å². The van der Waals surface area contributed by atoms with Crippen molar-refractivity contribution in [1.82, 2.24) is 5.32 Å². The van der Waals surface area contributed by atoms with Gasteiger partial charge in [0.15, 0.2) is 5.11 Å². The molecule has 0 spiro atoms. The molecule has 2 aromatic carbocycles. The molecule has 5 heteroatoms. The van der Waals surface area contributed by atoms with Crippen molar-refractivity contribution in [2.24, 2.45) is 0 Å². The Kier molecular flexibility index (Phi) is 5.31. The standard InChI is InChI=1S/C16H15ClN2OS/c1-2-11-10-13(17)8-9-14(11)18-16(21)19-15(20)12-6-4-3-5-7-12/h3-10H,2H2,1H3,(H2,18,19,20,21). The first-order chi connectivity index (χ1) is 10.1. The summed E-state index contributed by atoms with van der Waals surface area (Å²) < 4.78 is 0. The molecule has 0 radical (unpaired) electrons. The molecule has 2 rings (SSSR count). The fourth-order valence-electron chi connectivity index (χ4n) is 1.90. The number of anilines is 1. The first-order valence-corrected chi connectivity index (χ1v) is 7.34. The molecule has 0 atom stereocenters. The number of carbonyl (C=O) groups excluding carboxylic acids is 1. The quantitative estimate of drug-likeness (QED) is 0.840. The van der Waals surface area contributed by atoms with Crippen LogP contribution in [-0.2, 0) is 6.42 Å². The van der Waals surface area contributed by atoms with E-state index in [-0.39, 0.29) is 11.0 Å². The fourth-order valence-corrected chi connectivity index (χ4v) is 2.29. The number of nitrogens with one attached hydrogen (secondary N) is 2. The van der Waals surface area contributed by atoms with Gasteiger partial charge >= 0.3 is 0 Å². The zero-order valence-electron chi connectivity index (χ0n) is 11.5. The van der Waals surface area contributed by atoms with Gasteiger partial charge in [-0.25, -0.2) is 0 Å². The SMILES string of the molecule is CCc1cc(Cl)ccc1NC(=S)NC(=O)c1ccccc1. The number of rotatable bonds is 3. The molecule has 0 unspecified atom stereocenters. The van der Waals surface area contributed by atoms with Gasteiger partial charge in [-0.3, -0.25) is 10.1 Å². The Labute approximate surface area is 134 Å². The largest absolute Gasteiger partial charge is 0.332 e. The van der Waals surface area contributed by atoms with Crippen LogP contribution in [0.1, 0.15) is 22.8 Å². The summed E-state index contributed by atoms with van der Waals surface area (Å²) in [5.41, 5.74) is 2.45. The highest BCUT2D eigenvalue weighted by Crippen LogP contribution is 2.21. The van der Waals surface area contributed by atoms with E-state index >= 15 is 0 Å². The summed E-state index contributed by atoms with van der Waals surface area (Å²) in [7, 11) is 0. The van der Waals surface area contributed by atoms with E-state index in [1.54, 1.807) is 30.3 Å². The third-order valence-electron chi connectivity index (χ3n) is 2.96. The topological polar surface area (TPSA) is 41.1 Å². The van der Waals surface area contributed by atoms with Crippen molar-refractivity contribution in [1.29, 1.82) is 0 Å². The Morgan fingerprint density at radius 2 is 1.90 bits per heavy atom. The average Bonchev–Trinajstić information content (AvgIpc) is 2.49. The Balaban J connectivity index is 2.04. The smallest absolute Gasteiger partial charge is 0.257 e. The zero-order chi connectivity index (χ0) is 15.2. The van der Waals surface area contributed by atoms with Gasteiger partial charge in [0, 0.05) is 16.3 Å². The molecule has 2 aromatic rings. The van der Waals surface area contributed by atoms with Crippen LogP contribution in [0.2, 0.25) is 5.02 Å². The van der Waals surface area contributed by atoms with Crippen LogP contribution in [0.15, 0.2) is 48.5 Å². The first kappa shape index (κ1) is 15.5. The van der Waals surface area contributed by atoms with Gasteiger partial charge in [0.05, 0.1) is 0 Å². The predicted octanol–water partition coefficient (Wildman–Crippen LogP) is 4.03. The monoisotopic (exact) mass is 318 g/mol. The molecule has 0 saturated carbocycles. The summed E-state index contributed by atoms with van der Waals surface area (Å²) in [5.74, 6) is -0.236. The van der Waals surface area contributed by atoms with Crippen molar-refractivity contribution in [2.45, 2.75) is 13.3 Å². The van der Waals surface area contributed by atoms with Crippen molar-refractivity contribution in [3.63, 3.8) is 0 Å². The van der Waals surface area contributed by atoms with E-state index < -0.39 is 0 Å². The molecular formula is C16H15ClN2OS. The van der Waals surface area contributed by atoms with Gasteiger partial charge in [-0.2, -0.15) is 0 Å². The number of benzene rings is 2. The lowest BCUT2D eigenvalue weighted by Crippen LogP contribution is -2.34. The van der Waals surface area contributed by atoms with Crippen LogP contribution < -0.4 is 10.6 Å². The lowest BCUT2D eigenvalue weighted by atomic mass is 10.1. The van der Waals surface area contributed by atoms with Crippen LogP contribution in [0.4, 0.5) is 5.69 Å². The molecule has 0 saturated heterocycles. The van der Waals surface area contributed by atoms with Gasteiger partial charge in [-0.05, 0) is 54.5 Å².